The van der Waals surface area contributed by atoms with E-state index in [1.165, 1.54) is 6.07 Å². The maximum Gasteiger partial charge on any atom is 0.134 e. The number of hydrogen-bond donors (Lipinski definition) is 1. The Morgan fingerprint density at radius 3 is 2.43 bits per heavy atom. The highest BCUT2D eigenvalue weighted by atomic mass is 35.5. The molecule has 0 fully saturated rings. The van der Waals surface area contributed by atoms with Gasteiger partial charge >= 0.3 is 0 Å². The van der Waals surface area contributed by atoms with Crippen molar-refractivity contribution in [3.05, 3.63) is 23.2 Å². The molecule has 0 aliphatic carbocycles. The van der Waals surface area contributed by atoms with Gasteiger partial charge in [0, 0.05) is 6.07 Å². The number of phenolic OH excluding ortho intramolecular Hbond substituents is 1. The van der Waals surface area contributed by atoms with Gasteiger partial charge in [0.05, 0.1) is 11.1 Å². The molecule has 1 aromatic carbocycles. The summed E-state index contributed by atoms with van der Waals surface area (Å²) in [6.45, 7) is 6.19. The zero-order chi connectivity index (χ0) is 10.7. The first-order valence-electron chi connectivity index (χ1n) is 4.66. The van der Waals surface area contributed by atoms with E-state index in [1.807, 2.05) is 6.92 Å². The van der Waals surface area contributed by atoms with E-state index in [1.54, 1.807) is 12.1 Å². The molecule has 1 aromatic rings. The molecular formula is C11H15ClO2. The number of hydrogen-bond acceptors (Lipinski definition) is 2. The fourth-order valence-electron chi connectivity index (χ4n) is 0.912. The second kappa shape index (κ2) is 4.56. The molecule has 1 N–H and O–H groups in total. The van der Waals surface area contributed by atoms with Gasteiger partial charge in [0.15, 0.2) is 0 Å². The number of rotatable bonds is 3. The van der Waals surface area contributed by atoms with Crippen molar-refractivity contribution in [2.75, 3.05) is 0 Å². The molecular weight excluding hydrogens is 200 g/mol. The highest BCUT2D eigenvalue weighted by Crippen LogP contribution is 2.28. The fourth-order valence-corrected chi connectivity index (χ4v) is 1.08. The maximum absolute atomic E-state index is 9.20. The Labute approximate surface area is 89.5 Å². The van der Waals surface area contributed by atoms with Crippen molar-refractivity contribution < 1.29 is 9.84 Å². The molecule has 0 amide bonds. The van der Waals surface area contributed by atoms with Crippen LogP contribution < -0.4 is 4.74 Å². The number of aromatic hydroxyl groups is 1. The topological polar surface area (TPSA) is 29.5 Å². The molecule has 2 nitrogen and oxygen atoms in total. The van der Waals surface area contributed by atoms with Gasteiger partial charge in [-0.2, -0.15) is 0 Å². The molecule has 1 rings (SSSR count). The first-order valence-corrected chi connectivity index (χ1v) is 5.03. The van der Waals surface area contributed by atoms with E-state index in [4.69, 9.17) is 16.3 Å². The first-order chi connectivity index (χ1) is 6.50. The Hall–Kier alpha value is -0.890. The number of halogens is 1. The minimum absolute atomic E-state index is 0.0798. The molecule has 0 saturated carbocycles. The van der Waals surface area contributed by atoms with Gasteiger partial charge in [-0.1, -0.05) is 25.4 Å². The minimum Gasteiger partial charge on any atom is -0.506 e. The highest BCUT2D eigenvalue weighted by Gasteiger charge is 2.09. The molecule has 0 saturated heterocycles. The van der Waals surface area contributed by atoms with Crippen LogP contribution in [0.5, 0.6) is 11.5 Å². The van der Waals surface area contributed by atoms with E-state index in [0.29, 0.717) is 16.7 Å². The summed E-state index contributed by atoms with van der Waals surface area (Å²) in [6, 6.07) is 4.86. The van der Waals surface area contributed by atoms with Gasteiger partial charge in [0.1, 0.15) is 11.5 Å². The predicted octanol–water partition coefficient (Wildman–Crippen LogP) is 3.47. The molecule has 3 heteroatoms. The van der Waals surface area contributed by atoms with Crippen molar-refractivity contribution in [2.24, 2.45) is 5.92 Å². The lowest BCUT2D eigenvalue weighted by atomic mass is 10.1. The molecule has 0 aliphatic heterocycles. The summed E-state index contributed by atoms with van der Waals surface area (Å²) in [5.74, 6) is 1.22. The quantitative estimate of drug-likeness (QED) is 0.835. The Kier molecular flexibility index (Phi) is 3.64. The van der Waals surface area contributed by atoms with E-state index in [2.05, 4.69) is 13.8 Å². The minimum atomic E-state index is 0.0798. The predicted molar refractivity (Wildman–Crippen MR) is 58.0 cm³/mol. The van der Waals surface area contributed by atoms with Crippen molar-refractivity contribution in [1.29, 1.82) is 0 Å². The number of ether oxygens (including phenoxy) is 1. The van der Waals surface area contributed by atoms with Crippen LogP contribution in [0.15, 0.2) is 18.2 Å². The SMILES string of the molecule is CC(C)C(C)Oc1ccc(O)c(Cl)c1. The Morgan fingerprint density at radius 2 is 1.93 bits per heavy atom. The average molecular weight is 215 g/mol. The van der Waals surface area contributed by atoms with Gasteiger partial charge in [-0.05, 0) is 25.0 Å². The first kappa shape index (κ1) is 11.2. The summed E-state index contributed by atoms with van der Waals surface area (Å²) in [7, 11) is 0. The zero-order valence-corrected chi connectivity index (χ0v) is 9.38. The second-order valence-electron chi connectivity index (χ2n) is 3.68. The molecule has 0 heterocycles. The van der Waals surface area contributed by atoms with Gasteiger partial charge in [-0.15, -0.1) is 0 Å². The molecule has 0 aliphatic rings. The Bertz CT molecular complexity index is 310. The van der Waals surface area contributed by atoms with Crippen LogP contribution in [-0.4, -0.2) is 11.2 Å². The van der Waals surface area contributed by atoms with Crippen LogP contribution in [0.1, 0.15) is 20.8 Å². The molecule has 0 spiro atoms. The number of phenols is 1. The van der Waals surface area contributed by atoms with E-state index in [-0.39, 0.29) is 11.9 Å². The van der Waals surface area contributed by atoms with Gasteiger partial charge in [0.2, 0.25) is 0 Å². The molecule has 1 unspecified atom stereocenters. The van der Waals surface area contributed by atoms with Gasteiger partial charge < -0.3 is 9.84 Å². The second-order valence-corrected chi connectivity index (χ2v) is 4.09. The summed E-state index contributed by atoms with van der Waals surface area (Å²) in [5.41, 5.74) is 0. The van der Waals surface area contributed by atoms with Crippen LogP contribution in [0, 0.1) is 5.92 Å². The zero-order valence-electron chi connectivity index (χ0n) is 8.62. The molecule has 1 atom stereocenters. The van der Waals surface area contributed by atoms with E-state index in [0.717, 1.165) is 0 Å². The summed E-state index contributed by atoms with van der Waals surface area (Å²) < 4.78 is 5.62. The lowest BCUT2D eigenvalue weighted by Gasteiger charge is -2.18. The van der Waals surface area contributed by atoms with Crippen LogP contribution in [0.2, 0.25) is 5.02 Å². The molecule has 0 aromatic heterocycles. The third-order valence-corrected chi connectivity index (χ3v) is 2.48. The van der Waals surface area contributed by atoms with Crippen molar-refractivity contribution in [3.63, 3.8) is 0 Å². The maximum atomic E-state index is 9.20. The molecule has 0 radical (unpaired) electrons. The Morgan fingerprint density at radius 1 is 1.29 bits per heavy atom. The Balaban J connectivity index is 2.73. The summed E-state index contributed by atoms with van der Waals surface area (Å²) in [6.07, 6.45) is 0.135. The summed E-state index contributed by atoms with van der Waals surface area (Å²) >= 11 is 5.75. The van der Waals surface area contributed by atoms with Crippen LogP contribution in [0.25, 0.3) is 0 Å². The fraction of sp³-hybridized carbons (Fsp3) is 0.455. The lowest BCUT2D eigenvalue weighted by Crippen LogP contribution is -2.18. The monoisotopic (exact) mass is 214 g/mol. The van der Waals surface area contributed by atoms with Crippen molar-refractivity contribution in [1.82, 2.24) is 0 Å². The average Bonchev–Trinajstić information content (AvgIpc) is 2.11. The van der Waals surface area contributed by atoms with E-state index < -0.39 is 0 Å². The molecule has 0 bridgehead atoms. The smallest absolute Gasteiger partial charge is 0.134 e. The normalized spacial score (nSPS) is 12.9. The lowest BCUT2D eigenvalue weighted by molar-refractivity contribution is 0.170. The van der Waals surface area contributed by atoms with Crippen molar-refractivity contribution in [2.45, 2.75) is 26.9 Å². The van der Waals surface area contributed by atoms with Crippen LogP contribution in [0.3, 0.4) is 0 Å². The standard InChI is InChI=1S/C11H15ClO2/c1-7(2)8(3)14-9-4-5-11(13)10(12)6-9/h4-8,13H,1-3H3. The van der Waals surface area contributed by atoms with E-state index >= 15 is 0 Å². The van der Waals surface area contributed by atoms with Crippen LogP contribution in [-0.2, 0) is 0 Å². The van der Waals surface area contributed by atoms with E-state index in [9.17, 15) is 5.11 Å². The van der Waals surface area contributed by atoms with Crippen molar-refractivity contribution in [3.8, 4) is 11.5 Å². The highest BCUT2D eigenvalue weighted by molar-refractivity contribution is 6.32. The molecule has 78 valence electrons. The largest absolute Gasteiger partial charge is 0.506 e. The third-order valence-electron chi connectivity index (χ3n) is 2.18. The third kappa shape index (κ3) is 2.81. The van der Waals surface area contributed by atoms with Gasteiger partial charge in [-0.3, -0.25) is 0 Å². The van der Waals surface area contributed by atoms with Gasteiger partial charge in [-0.25, -0.2) is 0 Å². The van der Waals surface area contributed by atoms with Gasteiger partial charge in [0.25, 0.3) is 0 Å². The summed E-state index contributed by atoms with van der Waals surface area (Å²) in [4.78, 5) is 0. The number of benzene rings is 1. The van der Waals surface area contributed by atoms with Crippen LogP contribution >= 0.6 is 11.6 Å². The summed E-state index contributed by atoms with van der Waals surface area (Å²) in [5, 5.41) is 9.52. The van der Waals surface area contributed by atoms with Crippen molar-refractivity contribution >= 4 is 11.6 Å². The van der Waals surface area contributed by atoms with Crippen LogP contribution in [0.4, 0.5) is 0 Å². The molecule has 14 heavy (non-hydrogen) atoms.